The third-order valence-electron chi connectivity index (χ3n) is 3.50. The van der Waals surface area contributed by atoms with Gasteiger partial charge in [-0.2, -0.15) is 8.78 Å². The van der Waals surface area contributed by atoms with Crippen LogP contribution in [0.25, 0.3) is 6.08 Å². The molecule has 0 spiro atoms. The predicted molar refractivity (Wildman–Crippen MR) is 79.6 cm³/mol. The highest BCUT2D eigenvalue weighted by Crippen LogP contribution is 2.32. The van der Waals surface area contributed by atoms with Gasteiger partial charge in [0.1, 0.15) is 0 Å². The van der Waals surface area contributed by atoms with Crippen LogP contribution in [0.4, 0.5) is 8.78 Å². The van der Waals surface area contributed by atoms with E-state index in [1.165, 1.54) is 6.08 Å². The normalized spacial score (nSPS) is 12.2. The van der Waals surface area contributed by atoms with Crippen LogP contribution in [0, 0.1) is 5.41 Å². The molecule has 8 heteroatoms. The molecule has 0 aliphatic carbocycles. The molecule has 1 aromatic carbocycles. The Labute approximate surface area is 136 Å². The van der Waals surface area contributed by atoms with Crippen LogP contribution in [0.15, 0.2) is 36.4 Å². The highest BCUT2D eigenvalue weighted by molar-refractivity contribution is 6.01. The fraction of sp³-hybridized carbons (Fsp3) is 0.312. The molecule has 1 aromatic rings. The van der Waals surface area contributed by atoms with Crippen LogP contribution >= 0.6 is 0 Å². The molecule has 24 heavy (non-hydrogen) atoms. The van der Waals surface area contributed by atoms with Crippen molar-refractivity contribution in [2.45, 2.75) is 25.2 Å². The van der Waals surface area contributed by atoms with Gasteiger partial charge in [0.25, 0.3) is 0 Å². The van der Waals surface area contributed by atoms with E-state index in [0.29, 0.717) is 5.56 Å². The molecule has 0 aliphatic rings. The molecule has 3 N–H and O–H groups in total. The molecule has 0 atom stereocenters. The van der Waals surface area contributed by atoms with Crippen molar-refractivity contribution in [3.05, 3.63) is 42.0 Å². The molecule has 0 aliphatic heterocycles. The molecule has 0 amide bonds. The molecular weight excluding hydrogens is 326 g/mol. The fourth-order valence-electron chi connectivity index (χ4n) is 2.03. The summed E-state index contributed by atoms with van der Waals surface area (Å²) in [5.41, 5.74) is -1.87. The predicted octanol–water partition coefficient (Wildman–Crippen LogP) is 2.75. The van der Waals surface area contributed by atoms with E-state index in [-0.39, 0.29) is 0 Å². The fourth-order valence-corrected chi connectivity index (χ4v) is 2.03. The first-order valence-corrected chi connectivity index (χ1v) is 6.94. The largest absolute Gasteiger partial charge is 0.480 e. The Balaban J connectivity index is 2.99. The lowest BCUT2D eigenvalue weighted by Gasteiger charge is -2.22. The lowest BCUT2D eigenvalue weighted by Crippen LogP contribution is -2.38. The van der Waals surface area contributed by atoms with Gasteiger partial charge in [-0.1, -0.05) is 42.5 Å². The summed E-state index contributed by atoms with van der Waals surface area (Å²) in [5, 5.41) is 26.9. The van der Waals surface area contributed by atoms with Crippen LogP contribution in [-0.2, 0) is 14.4 Å². The highest BCUT2D eigenvalue weighted by atomic mass is 19.3. The van der Waals surface area contributed by atoms with Gasteiger partial charge < -0.3 is 15.3 Å². The number of aliphatic carboxylic acids is 3. The minimum Gasteiger partial charge on any atom is -0.480 e. The van der Waals surface area contributed by atoms with Gasteiger partial charge in [-0.3, -0.25) is 9.59 Å². The van der Waals surface area contributed by atoms with E-state index in [9.17, 15) is 33.4 Å². The molecule has 0 bridgehead atoms. The van der Waals surface area contributed by atoms with Crippen molar-refractivity contribution < 1.29 is 38.5 Å². The summed E-state index contributed by atoms with van der Waals surface area (Å²) in [5.74, 6) is -9.79. The van der Waals surface area contributed by atoms with Crippen LogP contribution in [0.3, 0.4) is 0 Å². The van der Waals surface area contributed by atoms with Crippen LogP contribution in [0.1, 0.15) is 24.8 Å². The Kier molecular flexibility index (Phi) is 6.16. The van der Waals surface area contributed by atoms with Crippen molar-refractivity contribution in [2.24, 2.45) is 5.41 Å². The molecule has 0 saturated heterocycles. The molecule has 0 fully saturated rings. The minimum absolute atomic E-state index is 0.542. The second-order valence-electron chi connectivity index (χ2n) is 5.19. The van der Waals surface area contributed by atoms with Gasteiger partial charge in [0.2, 0.25) is 0 Å². The summed E-state index contributed by atoms with van der Waals surface area (Å²) < 4.78 is 26.1. The first kappa shape index (κ1) is 19.3. The molecule has 0 radical (unpaired) electrons. The van der Waals surface area contributed by atoms with Crippen LogP contribution in [-0.4, -0.2) is 39.2 Å². The second-order valence-corrected chi connectivity index (χ2v) is 5.19. The van der Waals surface area contributed by atoms with Gasteiger partial charge >= 0.3 is 23.8 Å². The second kappa shape index (κ2) is 7.67. The third kappa shape index (κ3) is 4.61. The number of carboxylic acid groups (broad SMARTS) is 3. The SMILES string of the molecule is O=C(O)C(F)(F)CCCC(/C=C/c1ccccc1)(C(=O)O)C(=O)O. The first-order valence-electron chi connectivity index (χ1n) is 6.94. The van der Waals surface area contributed by atoms with Gasteiger partial charge in [0.05, 0.1) is 0 Å². The first-order chi connectivity index (χ1) is 11.1. The number of carbonyl (C=O) groups is 3. The minimum atomic E-state index is -4.04. The number of halogens is 2. The quantitative estimate of drug-likeness (QED) is 0.595. The van der Waals surface area contributed by atoms with E-state index in [4.69, 9.17) is 5.11 Å². The summed E-state index contributed by atoms with van der Waals surface area (Å²) in [6, 6.07) is 8.27. The Bertz CT molecular complexity index is 625. The summed E-state index contributed by atoms with van der Waals surface area (Å²) in [6.45, 7) is 0. The smallest absolute Gasteiger partial charge is 0.374 e. The zero-order valence-electron chi connectivity index (χ0n) is 12.5. The van der Waals surface area contributed by atoms with Crippen molar-refractivity contribution in [3.63, 3.8) is 0 Å². The van der Waals surface area contributed by atoms with Crippen LogP contribution in [0.2, 0.25) is 0 Å². The lowest BCUT2D eigenvalue weighted by atomic mass is 9.81. The molecule has 6 nitrogen and oxygen atoms in total. The average Bonchev–Trinajstić information content (AvgIpc) is 2.50. The molecule has 130 valence electrons. The van der Waals surface area contributed by atoms with Crippen molar-refractivity contribution in [2.75, 3.05) is 0 Å². The zero-order valence-corrected chi connectivity index (χ0v) is 12.5. The number of alkyl halides is 2. The summed E-state index contributed by atoms with van der Waals surface area (Å²) in [6.07, 6.45) is -0.200. The van der Waals surface area contributed by atoms with E-state index in [1.807, 2.05) is 0 Å². The van der Waals surface area contributed by atoms with Crippen LogP contribution in [0.5, 0.6) is 0 Å². The molecule has 0 saturated carbocycles. The molecule has 0 aromatic heterocycles. The third-order valence-corrected chi connectivity index (χ3v) is 3.50. The molecule has 0 heterocycles. The number of benzene rings is 1. The summed E-state index contributed by atoms with van der Waals surface area (Å²) >= 11 is 0. The number of hydrogen-bond acceptors (Lipinski definition) is 3. The zero-order chi connectivity index (χ0) is 18.4. The van der Waals surface area contributed by atoms with Crippen molar-refractivity contribution in [1.29, 1.82) is 0 Å². The van der Waals surface area contributed by atoms with E-state index >= 15 is 0 Å². The van der Waals surface area contributed by atoms with Gasteiger partial charge in [-0.05, 0) is 18.4 Å². The number of carboxylic acids is 3. The molecule has 1 rings (SSSR count). The van der Waals surface area contributed by atoms with Gasteiger partial charge in [0, 0.05) is 6.42 Å². The lowest BCUT2D eigenvalue weighted by molar-refractivity contribution is -0.166. The Morgan fingerprint density at radius 3 is 1.92 bits per heavy atom. The van der Waals surface area contributed by atoms with Gasteiger partial charge in [-0.25, -0.2) is 4.79 Å². The number of rotatable bonds is 9. The monoisotopic (exact) mass is 342 g/mol. The van der Waals surface area contributed by atoms with E-state index in [2.05, 4.69) is 0 Å². The van der Waals surface area contributed by atoms with Gasteiger partial charge in [-0.15, -0.1) is 0 Å². The summed E-state index contributed by atoms with van der Waals surface area (Å²) in [4.78, 5) is 33.2. The number of hydrogen-bond donors (Lipinski definition) is 3. The van der Waals surface area contributed by atoms with Crippen LogP contribution < -0.4 is 0 Å². The van der Waals surface area contributed by atoms with E-state index < -0.39 is 48.5 Å². The van der Waals surface area contributed by atoms with Crippen molar-refractivity contribution in [1.82, 2.24) is 0 Å². The average molecular weight is 342 g/mol. The Morgan fingerprint density at radius 2 is 1.46 bits per heavy atom. The molecule has 0 unspecified atom stereocenters. The maximum absolute atomic E-state index is 13.1. The Hall–Kier alpha value is -2.77. The Morgan fingerprint density at radius 1 is 0.917 bits per heavy atom. The topological polar surface area (TPSA) is 112 Å². The maximum atomic E-state index is 13.1. The molecular formula is C16H16F2O6. The van der Waals surface area contributed by atoms with E-state index in [1.54, 1.807) is 30.3 Å². The van der Waals surface area contributed by atoms with Gasteiger partial charge in [0.15, 0.2) is 5.41 Å². The summed E-state index contributed by atoms with van der Waals surface area (Å²) in [7, 11) is 0. The highest BCUT2D eigenvalue weighted by Gasteiger charge is 2.45. The van der Waals surface area contributed by atoms with E-state index in [0.717, 1.165) is 6.08 Å². The van der Waals surface area contributed by atoms with Crippen molar-refractivity contribution >= 4 is 24.0 Å². The van der Waals surface area contributed by atoms with Crippen molar-refractivity contribution in [3.8, 4) is 0 Å². The maximum Gasteiger partial charge on any atom is 0.374 e. The standard InChI is InChI=1S/C16H16F2O6/c17-16(18,14(23)24)9-4-8-15(12(19)20,13(21)22)10-7-11-5-2-1-3-6-11/h1-3,5-7,10H,4,8-9H2,(H,19,20)(H,21,22)(H,23,24)/b10-7+.